The van der Waals surface area contributed by atoms with Gasteiger partial charge in [0, 0.05) is 22.0 Å². The maximum Gasteiger partial charge on any atom is 0.171 e. The van der Waals surface area contributed by atoms with Crippen molar-refractivity contribution in [3.05, 3.63) is 108 Å². The number of aliphatic hydroxyl groups excluding tert-OH is 1. The van der Waals surface area contributed by atoms with Gasteiger partial charge in [0.15, 0.2) is 7.14 Å². The van der Waals surface area contributed by atoms with Gasteiger partial charge in [-0.05, 0) is 5.56 Å². The second-order valence-electron chi connectivity index (χ2n) is 5.61. The molecule has 1 N–H and O–H groups in total. The van der Waals surface area contributed by atoms with E-state index in [-0.39, 0.29) is 6.61 Å². The van der Waals surface area contributed by atoms with E-state index in [0.717, 1.165) is 16.2 Å². The van der Waals surface area contributed by atoms with Gasteiger partial charge in [0.2, 0.25) is 0 Å². The summed E-state index contributed by atoms with van der Waals surface area (Å²) in [6.07, 6.45) is 0. The van der Waals surface area contributed by atoms with E-state index in [0.29, 0.717) is 5.57 Å². The molecule has 0 aliphatic carbocycles. The molecule has 3 aromatic carbocycles. The number of rotatable bonds is 5. The zero-order valence-electron chi connectivity index (χ0n) is 13.7. The van der Waals surface area contributed by atoms with Crippen molar-refractivity contribution in [2.24, 2.45) is 0 Å². The number of hydrogen-bond donors (Lipinski definition) is 1. The molecule has 0 heterocycles. The molecule has 0 unspecified atom stereocenters. The van der Waals surface area contributed by atoms with Gasteiger partial charge in [0.25, 0.3) is 0 Å². The third kappa shape index (κ3) is 3.90. The first-order chi connectivity index (χ1) is 12.2. The van der Waals surface area contributed by atoms with E-state index >= 15 is 0 Å². The fourth-order valence-electron chi connectivity index (χ4n) is 2.63. The van der Waals surface area contributed by atoms with E-state index in [1.165, 1.54) is 0 Å². The summed E-state index contributed by atoms with van der Waals surface area (Å²) >= 11 is 0. The fourth-order valence-corrected chi connectivity index (χ4v) is 4.79. The van der Waals surface area contributed by atoms with Gasteiger partial charge in [-0.15, -0.1) is 5.73 Å². The predicted molar refractivity (Wildman–Crippen MR) is 105 cm³/mol. The standard InChI is InChI=1S/C22H19O2P/c23-18-20(19-10-4-1-5-11-19)16-17-25(24,21-12-6-2-7-13-21)22-14-8-3-9-15-22/h1-15,17,23H,18H2. The van der Waals surface area contributed by atoms with Crippen LogP contribution in [-0.4, -0.2) is 11.7 Å². The summed E-state index contributed by atoms with van der Waals surface area (Å²) in [4.78, 5) is 0. The highest BCUT2D eigenvalue weighted by molar-refractivity contribution is 7.81. The zero-order chi connectivity index (χ0) is 17.5. The van der Waals surface area contributed by atoms with Gasteiger partial charge in [0.05, 0.1) is 6.61 Å². The van der Waals surface area contributed by atoms with E-state index in [1.807, 2.05) is 91.0 Å². The third-order valence-electron chi connectivity index (χ3n) is 3.98. The van der Waals surface area contributed by atoms with Gasteiger partial charge in [-0.1, -0.05) is 91.0 Å². The van der Waals surface area contributed by atoms with Crippen LogP contribution in [0, 0.1) is 0 Å². The van der Waals surface area contributed by atoms with Crippen LogP contribution in [0.2, 0.25) is 0 Å². The Labute approximate surface area is 148 Å². The van der Waals surface area contributed by atoms with Gasteiger partial charge in [-0.3, -0.25) is 0 Å². The van der Waals surface area contributed by atoms with E-state index < -0.39 is 7.14 Å². The summed E-state index contributed by atoms with van der Waals surface area (Å²) in [5.41, 5.74) is 4.59. The first-order valence-electron chi connectivity index (χ1n) is 8.08. The van der Waals surface area contributed by atoms with Gasteiger partial charge in [-0.25, -0.2) is 0 Å². The molecule has 0 aliphatic heterocycles. The molecule has 124 valence electrons. The first-order valence-corrected chi connectivity index (χ1v) is 9.85. The van der Waals surface area contributed by atoms with Crippen LogP contribution in [-0.2, 0) is 4.57 Å². The molecular formula is C22H19O2P. The van der Waals surface area contributed by atoms with Crippen molar-refractivity contribution in [1.82, 2.24) is 0 Å². The smallest absolute Gasteiger partial charge is 0.171 e. The molecule has 0 radical (unpaired) electrons. The summed E-state index contributed by atoms with van der Waals surface area (Å²) in [7, 11) is -2.98. The van der Waals surface area contributed by atoms with E-state index in [9.17, 15) is 9.67 Å². The van der Waals surface area contributed by atoms with Crippen molar-refractivity contribution >= 4 is 23.3 Å². The van der Waals surface area contributed by atoms with Crippen molar-refractivity contribution < 1.29 is 9.67 Å². The van der Waals surface area contributed by atoms with Crippen molar-refractivity contribution in [2.45, 2.75) is 0 Å². The topological polar surface area (TPSA) is 37.3 Å². The lowest BCUT2D eigenvalue weighted by molar-refractivity contribution is 0.350. The summed E-state index contributed by atoms with van der Waals surface area (Å²) in [5, 5.41) is 11.2. The van der Waals surface area contributed by atoms with Crippen molar-refractivity contribution in [1.29, 1.82) is 0 Å². The molecule has 0 spiro atoms. The Kier molecular flexibility index (Phi) is 5.48. The third-order valence-corrected chi connectivity index (χ3v) is 6.60. The van der Waals surface area contributed by atoms with E-state index in [1.54, 1.807) is 5.82 Å². The average Bonchev–Trinajstić information content (AvgIpc) is 2.70. The number of benzene rings is 3. The highest BCUT2D eigenvalue weighted by Gasteiger charge is 2.23. The average molecular weight is 346 g/mol. The molecule has 3 rings (SSSR count). The molecule has 3 heteroatoms. The lowest BCUT2D eigenvalue weighted by atomic mass is 10.1. The second kappa shape index (κ2) is 7.96. The highest BCUT2D eigenvalue weighted by Crippen LogP contribution is 2.44. The van der Waals surface area contributed by atoms with Gasteiger partial charge < -0.3 is 9.67 Å². The molecule has 0 fully saturated rings. The monoisotopic (exact) mass is 346 g/mol. The molecule has 25 heavy (non-hydrogen) atoms. The number of hydrogen-bond acceptors (Lipinski definition) is 2. The molecule has 3 aromatic rings. The van der Waals surface area contributed by atoms with Crippen LogP contribution in [0.15, 0.2) is 103 Å². The molecule has 0 aliphatic rings. The minimum Gasteiger partial charge on any atom is -0.391 e. The van der Waals surface area contributed by atoms with Crippen LogP contribution in [0.1, 0.15) is 5.56 Å². The van der Waals surface area contributed by atoms with Crippen LogP contribution >= 0.6 is 7.14 Å². The Hall–Kier alpha value is -2.63. The largest absolute Gasteiger partial charge is 0.391 e. The molecule has 2 nitrogen and oxygen atoms in total. The Morgan fingerprint density at radius 1 is 0.800 bits per heavy atom. The lowest BCUT2D eigenvalue weighted by Crippen LogP contribution is -2.13. The Balaban J connectivity index is 2.16. The Morgan fingerprint density at radius 2 is 1.24 bits per heavy atom. The van der Waals surface area contributed by atoms with Gasteiger partial charge in [-0.2, -0.15) is 0 Å². The normalized spacial score (nSPS) is 10.8. The lowest BCUT2D eigenvalue weighted by Gasteiger charge is -2.14. The van der Waals surface area contributed by atoms with Crippen LogP contribution in [0.5, 0.6) is 0 Å². The van der Waals surface area contributed by atoms with Crippen LogP contribution in [0.3, 0.4) is 0 Å². The SMILES string of the molecule is O=P(C=C=C(CO)c1ccccc1)(c1ccccc1)c1ccccc1. The van der Waals surface area contributed by atoms with Gasteiger partial charge >= 0.3 is 0 Å². The highest BCUT2D eigenvalue weighted by atomic mass is 31.2. The first kappa shape index (κ1) is 17.2. The van der Waals surface area contributed by atoms with Crippen molar-refractivity contribution in [2.75, 3.05) is 6.61 Å². The minimum atomic E-state index is -2.98. The quantitative estimate of drug-likeness (QED) is 0.556. The molecule has 0 saturated heterocycles. The molecule has 0 saturated carbocycles. The Morgan fingerprint density at radius 3 is 1.68 bits per heavy atom. The zero-order valence-corrected chi connectivity index (χ0v) is 14.6. The summed E-state index contributed by atoms with van der Waals surface area (Å²) in [5.74, 6) is 1.62. The van der Waals surface area contributed by atoms with Gasteiger partial charge in [0.1, 0.15) is 0 Å². The maximum atomic E-state index is 13.9. The molecule has 0 aromatic heterocycles. The second-order valence-corrected chi connectivity index (χ2v) is 8.21. The predicted octanol–water partition coefficient (Wildman–Crippen LogP) is 4.19. The fraction of sp³-hybridized carbons (Fsp3) is 0.0455. The van der Waals surface area contributed by atoms with Crippen molar-refractivity contribution in [3.63, 3.8) is 0 Å². The van der Waals surface area contributed by atoms with E-state index in [4.69, 9.17) is 0 Å². The minimum absolute atomic E-state index is 0.163. The molecule has 0 amide bonds. The van der Waals surface area contributed by atoms with Crippen LogP contribution in [0.25, 0.3) is 5.57 Å². The summed E-state index contributed by atoms with van der Waals surface area (Å²) < 4.78 is 13.9. The molecular weight excluding hydrogens is 327 g/mol. The van der Waals surface area contributed by atoms with E-state index in [2.05, 4.69) is 5.73 Å². The summed E-state index contributed by atoms with van der Waals surface area (Å²) in [6, 6.07) is 28.3. The van der Waals surface area contributed by atoms with Crippen LogP contribution < -0.4 is 10.6 Å². The maximum absolute atomic E-state index is 13.9. The van der Waals surface area contributed by atoms with Crippen LogP contribution in [0.4, 0.5) is 0 Å². The van der Waals surface area contributed by atoms with Crippen molar-refractivity contribution in [3.8, 4) is 0 Å². The molecule has 0 bridgehead atoms. The molecule has 0 atom stereocenters. The Bertz CT molecular complexity index is 882. The number of aliphatic hydroxyl groups is 1. The summed E-state index contributed by atoms with van der Waals surface area (Å²) in [6.45, 7) is -0.163.